The van der Waals surface area contributed by atoms with E-state index in [-0.39, 0.29) is 29.2 Å². The Balaban J connectivity index is 1.77. The van der Waals surface area contributed by atoms with E-state index in [4.69, 9.17) is 21.1 Å². The Morgan fingerprint density at radius 3 is 2.63 bits per heavy atom. The summed E-state index contributed by atoms with van der Waals surface area (Å²) in [5, 5.41) is 0.382. The predicted octanol–water partition coefficient (Wildman–Crippen LogP) is 2.98. The summed E-state index contributed by atoms with van der Waals surface area (Å²) in [6.45, 7) is 6.02. The Morgan fingerprint density at radius 2 is 1.89 bits per heavy atom. The molecular weight excluding hydrogens is 526 g/mol. The Labute approximate surface area is 227 Å². The van der Waals surface area contributed by atoms with E-state index in [9.17, 15) is 14.4 Å². The van der Waals surface area contributed by atoms with Gasteiger partial charge < -0.3 is 14.4 Å². The second-order valence-corrected chi connectivity index (χ2v) is 10.0. The van der Waals surface area contributed by atoms with Gasteiger partial charge in [-0.25, -0.2) is 9.79 Å². The Bertz CT molecular complexity index is 1690. The number of fused-ring (bicyclic) bond motifs is 2. The van der Waals surface area contributed by atoms with Gasteiger partial charge in [-0.3, -0.25) is 14.2 Å². The largest absolute Gasteiger partial charge is 0.460 e. The molecule has 0 aliphatic carbocycles. The number of para-hydroxylation sites is 1. The SMILES string of the molecule is C=CCN1C(=O)/C(=c2\sc3n(c2=O)C(c2ccccc2Cl)C(C(=O)OCCOC)=C(C)N=3)c2ccccc21. The third kappa shape index (κ3) is 4.22. The zero-order chi connectivity index (χ0) is 27.0. The number of allylic oxidation sites excluding steroid dienone is 1. The molecule has 10 heteroatoms. The molecule has 8 nitrogen and oxygen atoms in total. The van der Waals surface area contributed by atoms with Crippen LogP contribution >= 0.6 is 22.9 Å². The average molecular weight is 550 g/mol. The molecule has 0 fully saturated rings. The number of hydrogen-bond donors (Lipinski definition) is 0. The lowest BCUT2D eigenvalue weighted by atomic mass is 9.96. The molecule has 1 amide bonds. The van der Waals surface area contributed by atoms with Gasteiger partial charge in [0.2, 0.25) is 0 Å². The summed E-state index contributed by atoms with van der Waals surface area (Å²) in [7, 11) is 1.51. The second kappa shape index (κ2) is 10.5. The van der Waals surface area contributed by atoms with Crippen molar-refractivity contribution in [2.45, 2.75) is 13.0 Å². The fraction of sp³-hybridized carbons (Fsp3) is 0.214. The van der Waals surface area contributed by atoms with E-state index < -0.39 is 17.6 Å². The number of rotatable bonds is 7. The number of hydrogen-bond acceptors (Lipinski definition) is 7. The van der Waals surface area contributed by atoms with Crippen LogP contribution in [0.1, 0.15) is 24.1 Å². The molecule has 2 aromatic carbocycles. The lowest BCUT2D eigenvalue weighted by Crippen LogP contribution is -2.41. The Kier molecular flexibility index (Phi) is 7.16. The van der Waals surface area contributed by atoms with Gasteiger partial charge in [-0.1, -0.05) is 65.4 Å². The maximum absolute atomic E-state index is 14.1. The first kappa shape index (κ1) is 25.8. The summed E-state index contributed by atoms with van der Waals surface area (Å²) < 4.78 is 12.1. The molecule has 1 unspecified atom stereocenters. The molecule has 5 rings (SSSR count). The van der Waals surface area contributed by atoms with Crippen LogP contribution in [0.3, 0.4) is 0 Å². The molecule has 0 saturated heterocycles. The highest BCUT2D eigenvalue weighted by atomic mass is 35.5. The second-order valence-electron chi connectivity index (χ2n) is 8.65. The van der Waals surface area contributed by atoms with Gasteiger partial charge in [-0.05, 0) is 24.6 Å². The third-order valence-electron chi connectivity index (χ3n) is 6.40. The molecule has 194 valence electrons. The molecule has 0 spiro atoms. The number of esters is 1. The summed E-state index contributed by atoms with van der Waals surface area (Å²) in [6, 6.07) is 13.4. The van der Waals surface area contributed by atoms with E-state index in [0.717, 1.165) is 11.3 Å². The molecule has 2 aliphatic heterocycles. The number of methoxy groups -OCH3 is 1. The van der Waals surface area contributed by atoms with Crippen molar-refractivity contribution in [1.29, 1.82) is 0 Å². The van der Waals surface area contributed by atoms with Gasteiger partial charge in [0.15, 0.2) is 4.80 Å². The van der Waals surface area contributed by atoms with Crippen LogP contribution in [-0.4, -0.2) is 43.3 Å². The van der Waals surface area contributed by atoms with Crippen molar-refractivity contribution in [1.82, 2.24) is 4.57 Å². The van der Waals surface area contributed by atoms with Crippen molar-refractivity contribution in [3.05, 3.63) is 108 Å². The first-order valence-corrected chi connectivity index (χ1v) is 13.1. The first-order valence-electron chi connectivity index (χ1n) is 11.9. The minimum absolute atomic E-state index is 0.0420. The number of amides is 1. The summed E-state index contributed by atoms with van der Waals surface area (Å²) in [5.41, 5.74) is 2.38. The number of thiazole rings is 1. The summed E-state index contributed by atoms with van der Waals surface area (Å²) in [5.74, 6) is -0.911. The van der Waals surface area contributed by atoms with Gasteiger partial charge in [0.1, 0.15) is 17.2 Å². The zero-order valence-electron chi connectivity index (χ0n) is 20.8. The number of benzene rings is 2. The third-order valence-corrected chi connectivity index (χ3v) is 7.80. The minimum Gasteiger partial charge on any atom is -0.460 e. The van der Waals surface area contributed by atoms with Crippen LogP contribution in [0.2, 0.25) is 5.02 Å². The highest BCUT2D eigenvalue weighted by Crippen LogP contribution is 2.36. The molecule has 1 aromatic heterocycles. The van der Waals surface area contributed by atoms with Gasteiger partial charge in [0, 0.05) is 24.2 Å². The van der Waals surface area contributed by atoms with Crippen LogP contribution in [0.25, 0.3) is 5.57 Å². The topological polar surface area (TPSA) is 90.2 Å². The summed E-state index contributed by atoms with van der Waals surface area (Å²) in [6.07, 6.45) is 1.64. The Morgan fingerprint density at radius 1 is 1.16 bits per heavy atom. The molecule has 0 bridgehead atoms. The number of ether oxygens (including phenoxy) is 2. The van der Waals surface area contributed by atoms with E-state index in [1.54, 1.807) is 42.2 Å². The highest BCUT2D eigenvalue weighted by molar-refractivity contribution is 7.07. The van der Waals surface area contributed by atoms with E-state index in [1.165, 1.54) is 11.7 Å². The smallest absolute Gasteiger partial charge is 0.338 e. The first-order chi connectivity index (χ1) is 18.4. The average Bonchev–Trinajstić information content (AvgIpc) is 3.36. The van der Waals surface area contributed by atoms with Crippen LogP contribution in [-0.2, 0) is 19.1 Å². The van der Waals surface area contributed by atoms with Crippen LogP contribution in [0.4, 0.5) is 5.69 Å². The molecule has 3 aromatic rings. The van der Waals surface area contributed by atoms with E-state index in [1.807, 2.05) is 24.3 Å². The maximum atomic E-state index is 14.1. The fourth-order valence-corrected chi connectivity index (χ4v) is 6.11. The van der Waals surface area contributed by atoms with Crippen molar-refractivity contribution in [2.24, 2.45) is 4.99 Å². The van der Waals surface area contributed by atoms with Gasteiger partial charge in [-0.15, -0.1) is 6.58 Å². The number of carbonyl (C=O) groups is 2. The number of nitrogens with zero attached hydrogens (tertiary/aromatic N) is 3. The lowest BCUT2D eigenvalue weighted by molar-refractivity contribution is -0.140. The van der Waals surface area contributed by atoms with Gasteiger partial charge >= 0.3 is 5.97 Å². The molecule has 0 saturated carbocycles. The van der Waals surface area contributed by atoms with E-state index in [0.29, 0.717) is 44.5 Å². The molecule has 0 radical (unpaired) electrons. The van der Waals surface area contributed by atoms with Crippen molar-refractivity contribution < 1.29 is 19.1 Å². The number of anilines is 1. The number of carbonyl (C=O) groups excluding carboxylic acids is 2. The normalized spacial score (nSPS) is 17.7. The lowest BCUT2D eigenvalue weighted by Gasteiger charge is -2.25. The summed E-state index contributed by atoms with van der Waals surface area (Å²) >= 11 is 7.70. The predicted molar refractivity (Wildman–Crippen MR) is 146 cm³/mol. The van der Waals surface area contributed by atoms with Crippen LogP contribution in [0.5, 0.6) is 0 Å². The van der Waals surface area contributed by atoms with Crippen molar-refractivity contribution in [3.63, 3.8) is 0 Å². The molecule has 2 aliphatic rings. The molecule has 1 atom stereocenters. The fourth-order valence-electron chi connectivity index (χ4n) is 4.73. The van der Waals surface area contributed by atoms with Crippen molar-refractivity contribution in [2.75, 3.05) is 31.8 Å². The van der Waals surface area contributed by atoms with Gasteiger partial charge in [0.05, 0.1) is 29.1 Å². The van der Waals surface area contributed by atoms with E-state index >= 15 is 0 Å². The standard InChI is InChI=1S/C28H24ClN3O5S/c1-4-13-31-20-12-8-6-10-18(20)22(25(31)33)24-26(34)32-23(17-9-5-7-11-19(17)29)21(16(2)30-28(32)38-24)27(35)37-15-14-36-3/h4-12,23H,1,13-15H2,2-3H3/b24-22-. The van der Waals surface area contributed by atoms with Crippen LogP contribution in [0.15, 0.2) is 82.2 Å². The van der Waals surface area contributed by atoms with E-state index in [2.05, 4.69) is 11.6 Å². The molecule has 38 heavy (non-hydrogen) atoms. The van der Waals surface area contributed by atoms with Gasteiger partial charge in [-0.2, -0.15) is 0 Å². The van der Waals surface area contributed by atoms with Gasteiger partial charge in [0.25, 0.3) is 11.5 Å². The maximum Gasteiger partial charge on any atom is 0.338 e. The highest BCUT2D eigenvalue weighted by Gasteiger charge is 2.37. The molecule has 0 N–H and O–H groups in total. The molecule has 3 heterocycles. The van der Waals surface area contributed by atoms with Crippen molar-refractivity contribution >= 4 is 46.1 Å². The monoisotopic (exact) mass is 549 g/mol. The van der Waals surface area contributed by atoms with Crippen molar-refractivity contribution in [3.8, 4) is 0 Å². The summed E-state index contributed by atoms with van der Waals surface area (Å²) in [4.78, 5) is 47.5. The Hall–Kier alpha value is -3.79. The minimum atomic E-state index is -0.889. The quantitative estimate of drug-likeness (QED) is 0.257. The molecular formula is C28H24ClN3O5S. The van der Waals surface area contributed by atoms with Crippen LogP contribution < -0.4 is 19.8 Å². The van der Waals surface area contributed by atoms with Crippen LogP contribution in [0, 0.1) is 0 Å². The number of aromatic nitrogens is 1. The number of halogens is 1. The zero-order valence-corrected chi connectivity index (χ0v) is 22.3.